The van der Waals surface area contributed by atoms with E-state index in [1.54, 1.807) is 4.57 Å². The average Bonchev–Trinajstić information content (AvgIpc) is 3.23. The van der Waals surface area contributed by atoms with Gasteiger partial charge in [-0.05, 0) is 22.8 Å². The van der Waals surface area contributed by atoms with E-state index < -0.39 is 0 Å². The molecule has 0 aliphatic carbocycles. The van der Waals surface area contributed by atoms with Crippen LogP contribution in [0.25, 0.3) is 11.2 Å². The molecule has 4 rings (SSSR count). The third kappa shape index (κ3) is 1.90. The van der Waals surface area contributed by atoms with Crippen molar-refractivity contribution in [2.75, 3.05) is 11.0 Å². The molecule has 4 N–H and O–H groups in total. The molecule has 23 heavy (non-hydrogen) atoms. The summed E-state index contributed by atoms with van der Waals surface area (Å²) in [6.45, 7) is 1.98. The number of aromatic nitrogens is 3. The molecule has 9 heteroatoms. The molecule has 0 radical (unpaired) electrons. The highest BCUT2D eigenvalue weighted by atomic mass is 16.8. The normalized spacial score (nSPS) is 14.1. The van der Waals surface area contributed by atoms with Gasteiger partial charge in [-0.3, -0.25) is 15.4 Å². The number of nitrogens with one attached hydrogen (secondary N) is 4. The Morgan fingerprint density at radius 1 is 1.09 bits per heavy atom. The van der Waals surface area contributed by atoms with Crippen LogP contribution in [0.2, 0.25) is 0 Å². The highest BCUT2D eigenvalue weighted by Gasteiger charge is 2.24. The number of anilines is 2. The van der Waals surface area contributed by atoms with E-state index in [1.807, 2.05) is 37.3 Å². The van der Waals surface area contributed by atoms with Crippen LogP contribution >= 0.6 is 0 Å². The molecular weight excluding hydrogens is 298 g/mol. The molecule has 1 aromatic carbocycles. The summed E-state index contributed by atoms with van der Waals surface area (Å²) in [5, 5.41) is 23.9. The highest BCUT2D eigenvalue weighted by molar-refractivity contribution is 5.76. The molecule has 0 amide bonds. The Bertz CT molecular complexity index is 1010. The van der Waals surface area contributed by atoms with Crippen LogP contribution in [0, 0.1) is 10.8 Å². The molecule has 3 aromatic rings. The average molecular weight is 311 g/mol. The smallest absolute Gasteiger partial charge is 0.209 e. The van der Waals surface area contributed by atoms with Gasteiger partial charge >= 0.3 is 0 Å². The van der Waals surface area contributed by atoms with Crippen LogP contribution in [0.3, 0.4) is 0 Å². The molecule has 0 bridgehead atoms. The molecule has 9 nitrogen and oxygen atoms in total. The minimum atomic E-state index is -0.151. The Morgan fingerprint density at radius 2 is 1.87 bits per heavy atom. The summed E-state index contributed by atoms with van der Waals surface area (Å²) in [7, 11) is 0. The zero-order valence-electron chi connectivity index (χ0n) is 12.1. The number of nitrogens with zero attached hydrogens (tertiary/aromatic N) is 3. The standard InChI is InChI=1S/C14H13N7O2/c1-7(8-5-3-2-4-6-8)21-13-11(17-22-19-13)9(15)10(16)12-14(21)20-23-18-12/h2-7,15-17,19H,1H3. The molecule has 1 aliphatic heterocycles. The Kier molecular flexibility index (Phi) is 2.88. The first-order chi connectivity index (χ1) is 11.2. The zero-order valence-corrected chi connectivity index (χ0v) is 12.1. The maximum Gasteiger partial charge on any atom is 0.209 e. The van der Waals surface area contributed by atoms with Gasteiger partial charge in [0.05, 0.1) is 6.04 Å². The molecule has 0 fully saturated rings. The number of hydrogen-bond acceptors (Lipinski definition) is 8. The van der Waals surface area contributed by atoms with Gasteiger partial charge in [-0.15, -0.1) is 0 Å². The van der Waals surface area contributed by atoms with Crippen LogP contribution < -0.4 is 21.7 Å². The van der Waals surface area contributed by atoms with Gasteiger partial charge < -0.3 is 0 Å². The third-order valence-corrected chi connectivity index (χ3v) is 3.88. The van der Waals surface area contributed by atoms with Crippen molar-refractivity contribution in [1.29, 1.82) is 10.8 Å². The molecule has 0 saturated carbocycles. The zero-order chi connectivity index (χ0) is 16.0. The molecule has 0 spiro atoms. The van der Waals surface area contributed by atoms with E-state index in [-0.39, 0.29) is 22.3 Å². The Morgan fingerprint density at radius 3 is 2.65 bits per heavy atom. The minimum Gasteiger partial charge on any atom is -0.297 e. The Hall–Kier alpha value is -3.20. The number of rotatable bonds is 2. The van der Waals surface area contributed by atoms with Crippen molar-refractivity contribution in [2.24, 2.45) is 0 Å². The second-order valence-corrected chi connectivity index (χ2v) is 5.17. The van der Waals surface area contributed by atoms with E-state index in [2.05, 4.69) is 21.3 Å². The highest BCUT2D eigenvalue weighted by Crippen LogP contribution is 2.30. The number of hydrogen-bond donors (Lipinski definition) is 4. The van der Waals surface area contributed by atoms with Crippen molar-refractivity contribution in [1.82, 2.24) is 14.9 Å². The lowest BCUT2D eigenvalue weighted by Crippen LogP contribution is -2.23. The van der Waals surface area contributed by atoms with Crippen LogP contribution in [-0.2, 0) is 4.94 Å². The molecule has 2 aromatic heterocycles. The van der Waals surface area contributed by atoms with E-state index in [1.165, 1.54) is 0 Å². The molecule has 3 heterocycles. The summed E-state index contributed by atoms with van der Waals surface area (Å²) >= 11 is 0. The lowest BCUT2D eigenvalue weighted by Gasteiger charge is -2.17. The van der Waals surface area contributed by atoms with Gasteiger partial charge in [0, 0.05) is 0 Å². The fourth-order valence-electron chi connectivity index (χ4n) is 2.67. The summed E-state index contributed by atoms with van der Waals surface area (Å²) in [4.78, 5) is 5.04. The molecule has 1 aliphatic rings. The van der Waals surface area contributed by atoms with E-state index in [0.29, 0.717) is 17.2 Å². The van der Waals surface area contributed by atoms with Crippen LogP contribution in [0.15, 0.2) is 35.0 Å². The maximum atomic E-state index is 8.17. The van der Waals surface area contributed by atoms with Crippen molar-refractivity contribution < 1.29 is 9.57 Å². The lowest BCUT2D eigenvalue weighted by molar-refractivity contribution is 0.278. The first-order valence-electron chi connectivity index (χ1n) is 6.95. The van der Waals surface area contributed by atoms with Crippen molar-refractivity contribution >= 4 is 22.7 Å². The lowest BCUT2D eigenvalue weighted by atomic mass is 10.1. The summed E-state index contributed by atoms with van der Waals surface area (Å²) in [6, 6.07) is 9.66. The van der Waals surface area contributed by atoms with Crippen LogP contribution in [-0.4, -0.2) is 14.9 Å². The molecule has 0 saturated heterocycles. The van der Waals surface area contributed by atoms with Gasteiger partial charge in [0.25, 0.3) is 0 Å². The van der Waals surface area contributed by atoms with Crippen molar-refractivity contribution in [3.63, 3.8) is 0 Å². The molecular formula is C14H13N7O2. The molecule has 116 valence electrons. The second kappa shape index (κ2) is 4.92. The molecule has 1 atom stereocenters. The monoisotopic (exact) mass is 311 g/mol. The van der Waals surface area contributed by atoms with Crippen molar-refractivity contribution in [2.45, 2.75) is 13.0 Å². The quantitative estimate of drug-likeness (QED) is 0.565. The first-order valence-corrected chi connectivity index (χ1v) is 6.95. The Balaban J connectivity index is 2.13. The van der Waals surface area contributed by atoms with Crippen LogP contribution in [0.5, 0.6) is 0 Å². The van der Waals surface area contributed by atoms with Gasteiger partial charge in [-0.25, -0.2) is 15.6 Å². The van der Waals surface area contributed by atoms with E-state index in [0.717, 1.165) is 5.56 Å². The predicted octanol–water partition coefficient (Wildman–Crippen LogP) is 1.28. The van der Waals surface area contributed by atoms with Gasteiger partial charge in [-0.1, -0.05) is 30.3 Å². The largest absolute Gasteiger partial charge is 0.297 e. The summed E-state index contributed by atoms with van der Waals surface area (Å²) in [5.41, 5.74) is 7.31. The number of fused-ring (bicyclic) bond motifs is 2. The number of benzene rings is 1. The first kappa shape index (κ1) is 13.5. The van der Waals surface area contributed by atoms with E-state index in [9.17, 15) is 0 Å². The summed E-state index contributed by atoms with van der Waals surface area (Å²) < 4.78 is 6.61. The van der Waals surface area contributed by atoms with Crippen LogP contribution in [0.4, 0.5) is 11.5 Å². The van der Waals surface area contributed by atoms with Gasteiger partial charge in [0.2, 0.25) is 5.65 Å². The van der Waals surface area contributed by atoms with Gasteiger partial charge in [0.15, 0.2) is 11.3 Å². The Labute approximate surface area is 129 Å². The van der Waals surface area contributed by atoms with E-state index in [4.69, 9.17) is 20.4 Å². The second-order valence-electron chi connectivity index (χ2n) is 5.17. The predicted molar refractivity (Wildman–Crippen MR) is 80.1 cm³/mol. The third-order valence-electron chi connectivity index (χ3n) is 3.88. The molecule has 1 unspecified atom stereocenters. The topological polar surface area (TPSA) is 125 Å². The van der Waals surface area contributed by atoms with Crippen molar-refractivity contribution in [3.05, 3.63) is 46.6 Å². The minimum absolute atomic E-state index is 0.0512. The fourth-order valence-corrected chi connectivity index (χ4v) is 2.67. The van der Waals surface area contributed by atoms with Crippen LogP contribution in [0.1, 0.15) is 18.5 Å². The summed E-state index contributed by atoms with van der Waals surface area (Å²) in [6.07, 6.45) is 0. The van der Waals surface area contributed by atoms with Crippen molar-refractivity contribution in [3.8, 4) is 0 Å². The van der Waals surface area contributed by atoms with Gasteiger partial charge in [0.1, 0.15) is 16.4 Å². The fraction of sp³-hybridized carbons (Fsp3) is 0.143. The summed E-state index contributed by atoms with van der Waals surface area (Å²) in [5.74, 6) is 0.491. The maximum absolute atomic E-state index is 8.17. The van der Waals surface area contributed by atoms with E-state index >= 15 is 0 Å². The SMILES string of the molecule is CC(c1ccccc1)n1c2c(c(=N)c(=N)c3nonc31)NON2. The van der Waals surface area contributed by atoms with Gasteiger partial charge in [-0.2, -0.15) is 4.94 Å².